The Kier molecular flexibility index (Phi) is 3.70. The van der Waals surface area contributed by atoms with Gasteiger partial charge in [0.2, 0.25) is 0 Å². The lowest BCUT2D eigenvalue weighted by Gasteiger charge is -2.05. The van der Waals surface area contributed by atoms with E-state index in [4.69, 9.17) is 14.3 Å². The summed E-state index contributed by atoms with van der Waals surface area (Å²) in [6.45, 7) is 1.65. The predicted molar refractivity (Wildman–Crippen MR) is 85.9 cm³/mol. The Hall–Kier alpha value is -2.95. The lowest BCUT2D eigenvalue weighted by atomic mass is 10.00. The van der Waals surface area contributed by atoms with E-state index in [1.54, 1.807) is 37.3 Å². The highest BCUT2D eigenvalue weighted by atomic mass is 16.5. The molecule has 0 aliphatic rings. The Morgan fingerprint density at radius 1 is 1.17 bits per heavy atom. The summed E-state index contributed by atoms with van der Waals surface area (Å²) >= 11 is 0. The van der Waals surface area contributed by atoms with Gasteiger partial charge in [-0.1, -0.05) is 6.07 Å². The van der Waals surface area contributed by atoms with Gasteiger partial charge in [-0.2, -0.15) is 0 Å². The second kappa shape index (κ2) is 5.68. The number of rotatable bonds is 4. The van der Waals surface area contributed by atoms with Crippen LogP contribution in [0.25, 0.3) is 22.3 Å². The van der Waals surface area contributed by atoms with E-state index in [9.17, 15) is 9.90 Å². The summed E-state index contributed by atoms with van der Waals surface area (Å²) in [7, 11) is 1.48. The van der Waals surface area contributed by atoms with Crippen molar-refractivity contribution in [2.45, 2.75) is 12.8 Å². The first-order valence-electron chi connectivity index (χ1n) is 7.13. The number of carboxylic acid groups (broad SMARTS) is 1. The van der Waals surface area contributed by atoms with Gasteiger partial charge in [0.1, 0.15) is 11.3 Å². The summed E-state index contributed by atoms with van der Waals surface area (Å²) in [5.74, 6) is -0.394. The molecule has 0 saturated heterocycles. The minimum Gasteiger partial charge on any atom is -0.504 e. The molecule has 1 atom stereocenters. The van der Waals surface area contributed by atoms with Crippen molar-refractivity contribution < 1.29 is 24.2 Å². The van der Waals surface area contributed by atoms with E-state index in [1.165, 1.54) is 7.11 Å². The Morgan fingerprint density at radius 2 is 1.96 bits per heavy atom. The average molecular weight is 312 g/mol. The third-order valence-electron chi connectivity index (χ3n) is 3.88. The smallest absolute Gasteiger partial charge is 0.310 e. The molecule has 2 aromatic carbocycles. The quantitative estimate of drug-likeness (QED) is 0.761. The normalized spacial score (nSPS) is 12.3. The van der Waals surface area contributed by atoms with Gasteiger partial charge in [0.15, 0.2) is 11.5 Å². The highest BCUT2D eigenvalue weighted by molar-refractivity contribution is 5.85. The summed E-state index contributed by atoms with van der Waals surface area (Å²) in [4.78, 5) is 11.1. The van der Waals surface area contributed by atoms with Crippen LogP contribution in [0.3, 0.4) is 0 Å². The molecule has 0 spiro atoms. The van der Waals surface area contributed by atoms with Gasteiger partial charge in [-0.25, -0.2) is 0 Å². The van der Waals surface area contributed by atoms with Gasteiger partial charge in [0, 0.05) is 10.9 Å². The van der Waals surface area contributed by atoms with Crippen molar-refractivity contribution in [2.75, 3.05) is 7.11 Å². The molecule has 0 aliphatic carbocycles. The van der Waals surface area contributed by atoms with Crippen molar-refractivity contribution in [3.8, 4) is 22.8 Å². The van der Waals surface area contributed by atoms with Crippen LogP contribution in [0.15, 0.2) is 46.9 Å². The number of hydrogen-bond acceptors (Lipinski definition) is 4. The molecule has 0 amide bonds. The average Bonchev–Trinajstić information content (AvgIpc) is 2.97. The SMILES string of the molecule is COc1cc(-c2cc3cc(C(C)C(=O)O)ccc3o2)ccc1O. The molecule has 0 saturated carbocycles. The highest BCUT2D eigenvalue weighted by Crippen LogP contribution is 2.34. The number of methoxy groups -OCH3 is 1. The Labute approximate surface area is 132 Å². The fourth-order valence-corrected chi connectivity index (χ4v) is 2.45. The van der Waals surface area contributed by atoms with Gasteiger partial charge in [-0.3, -0.25) is 4.79 Å². The number of benzene rings is 2. The van der Waals surface area contributed by atoms with Crippen LogP contribution in [0.4, 0.5) is 0 Å². The van der Waals surface area contributed by atoms with Crippen molar-refractivity contribution in [3.05, 3.63) is 48.0 Å². The summed E-state index contributed by atoms with van der Waals surface area (Å²) < 4.78 is 10.9. The van der Waals surface area contributed by atoms with Crippen molar-refractivity contribution in [1.29, 1.82) is 0 Å². The molecule has 3 rings (SSSR count). The maximum Gasteiger partial charge on any atom is 0.310 e. The number of furan rings is 1. The zero-order valence-corrected chi connectivity index (χ0v) is 12.7. The van der Waals surface area contributed by atoms with Crippen molar-refractivity contribution in [3.63, 3.8) is 0 Å². The van der Waals surface area contributed by atoms with Gasteiger partial charge >= 0.3 is 5.97 Å². The highest BCUT2D eigenvalue weighted by Gasteiger charge is 2.15. The molecule has 118 valence electrons. The summed E-state index contributed by atoms with van der Waals surface area (Å²) in [6.07, 6.45) is 0. The first kappa shape index (κ1) is 15.0. The van der Waals surface area contributed by atoms with Crippen LogP contribution in [-0.2, 0) is 4.79 Å². The van der Waals surface area contributed by atoms with Crippen molar-refractivity contribution >= 4 is 16.9 Å². The van der Waals surface area contributed by atoms with Gasteiger partial charge in [-0.05, 0) is 48.9 Å². The van der Waals surface area contributed by atoms with Crippen LogP contribution in [0.5, 0.6) is 11.5 Å². The number of phenolic OH excluding ortho intramolecular Hbond substituents is 1. The number of carboxylic acids is 1. The molecule has 1 unspecified atom stereocenters. The molecular weight excluding hydrogens is 296 g/mol. The topological polar surface area (TPSA) is 79.9 Å². The monoisotopic (exact) mass is 312 g/mol. The standard InChI is InChI=1S/C18H16O5/c1-10(18(20)21)11-4-6-15-13(7-11)9-16(23-15)12-3-5-14(19)17(8-12)22-2/h3-10,19H,1-2H3,(H,20,21). The Balaban J connectivity index is 2.05. The number of phenols is 1. The van der Waals surface area contributed by atoms with E-state index in [-0.39, 0.29) is 5.75 Å². The molecule has 3 aromatic rings. The summed E-state index contributed by atoms with van der Waals surface area (Å²) in [5, 5.41) is 19.6. The van der Waals surface area contributed by atoms with Crippen molar-refractivity contribution in [1.82, 2.24) is 0 Å². The van der Waals surface area contributed by atoms with Crippen molar-refractivity contribution in [2.24, 2.45) is 0 Å². The van der Waals surface area contributed by atoms with Crippen LogP contribution in [0.1, 0.15) is 18.4 Å². The Bertz CT molecular complexity index is 878. The van der Waals surface area contributed by atoms with Gasteiger partial charge in [0.05, 0.1) is 13.0 Å². The number of carbonyl (C=O) groups is 1. The maximum absolute atomic E-state index is 11.1. The fourth-order valence-electron chi connectivity index (χ4n) is 2.45. The first-order chi connectivity index (χ1) is 11.0. The molecule has 0 fully saturated rings. The van der Waals surface area contributed by atoms with E-state index in [2.05, 4.69) is 0 Å². The lowest BCUT2D eigenvalue weighted by Crippen LogP contribution is -2.06. The summed E-state index contributed by atoms with van der Waals surface area (Å²) in [5.41, 5.74) is 2.16. The number of aliphatic carboxylic acids is 1. The van der Waals surface area contributed by atoms with Crippen LogP contribution in [-0.4, -0.2) is 23.3 Å². The van der Waals surface area contributed by atoms with Gasteiger partial charge in [0.25, 0.3) is 0 Å². The number of hydrogen-bond donors (Lipinski definition) is 2. The number of aromatic hydroxyl groups is 1. The van der Waals surface area contributed by atoms with E-state index in [0.29, 0.717) is 17.1 Å². The fraction of sp³-hybridized carbons (Fsp3) is 0.167. The zero-order valence-electron chi connectivity index (χ0n) is 12.7. The van der Waals surface area contributed by atoms with Crippen LogP contribution < -0.4 is 4.74 Å². The van der Waals surface area contributed by atoms with Gasteiger partial charge < -0.3 is 19.4 Å². The van der Waals surface area contributed by atoms with E-state index in [0.717, 1.165) is 16.5 Å². The summed E-state index contributed by atoms with van der Waals surface area (Å²) in [6, 6.07) is 12.2. The molecule has 5 heteroatoms. The molecule has 0 aliphatic heterocycles. The Morgan fingerprint density at radius 3 is 2.65 bits per heavy atom. The lowest BCUT2D eigenvalue weighted by molar-refractivity contribution is -0.138. The predicted octanol–water partition coefficient (Wildman–Crippen LogP) is 4.00. The van der Waals surface area contributed by atoms with Crippen LogP contribution >= 0.6 is 0 Å². The molecule has 1 aromatic heterocycles. The van der Waals surface area contributed by atoms with Crippen LogP contribution in [0, 0.1) is 0 Å². The number of ether oxygens (including phenoxy) is 1. The van der Waals surface area contributed by atoms with Gasteiger partial charge in [-0.15, -0.1) is 0 Å². The largest absolute Gasteiger partial charge is 0.504 e. The van der Waals surface area contributed by atoms with Crippen LogP contribution in [0.2, 0.25) is 0 Å². The zero-order chi connectivity index (χ0) is 16.6. The maximum atomic E-state index is 11.1. The number of fused-ring (bicyclic) bond motifs is 1. The molecular formula is C18H16O5. The molecule has 1 heterocycles. The van der Waals surface area contributed by atoms with E-state index in [1.807, 2.05) is 12.1 Å². The van der Waals surface area contributed by atoms with E-state index >= 15 is 0 Å². The molecule has 23 heavy (non-hydrogen) atoms. The minimum absolute atomic E-state index is 0.0601. The second-order valence-electron chi connectivity index (χ2n) is 5.35. The molecule has 5 nitrogen and oxygen atoms in total. The third-order valence-corrected chi connectivity index (χ3v) is 3.88. The second-order valence-corrected chi connectivity index (χ2v) is 5.35. The van der Waals surface area contributed by atoms with E-state index < -0.39 is 11.9 Å². The molecule has 0 bridgehead atoms. The molecule has 2 N–H and O–H groups in total. The minimum atomic E-state index is -0.865. The third kappa shape index (κ3) is 2.73. The first-order valence-corrected chi connectivity index (χ1v) is 7.13. The molecule has 0 radical (unpaired) electrons.